The van der Waals surface area contributed by atoms with Crippen molar-refractivity contribution in [1.29, 1.82) is 5.26 Å². The molecule has 0 bridgehead atoms. The average Bonchev–Trinajstić information content (AvgIpc) is 2.35. The van der Waals surface area contributed by atoms with Crippen LogP contribution in [0.3, 0.4) is 0 Å². The van der Waals surface area contributed by atoms with Gasteiger partial charge in [-0.2, -0.15) is 17.0 Å². The highest BCUT2D eigenvalue weighted by molar-refractivity contribution is 7.99. The molecule has 7 heteroatoms. The zero-order valence-corrected chi connectivity index (χ0v) is 11.2. The van der Waals surface area contributed by atoms with Crippen molar-refractivity contribution in [2.75, 3.05) is 31.6 Å². The summed E-state index contributed by atoms with van der Waals surface area (Å²) in [6.07, 6.45) is 0.263. The van der Waals surface area contributed by atoms with Gasteiger partial charge in [0.1, 0.15) is 0 Å². The molecule has 18 heavy (non-hydrogen) atoms. The molecular formula is C11H17N3O3S. The number of carboxylic acid groups (broad SMARTS) is 1. The van der Waals surface area contributed by atoms with Gasteiger partial charge in [0.25, 0.3) is 0 Å². The van der Waals surface area contributed by atoms with Crippen LogP contribution in [0.2, 0.25) is 0 Å². The number of hydrogen-bond acceptors (Lipinski definition) is 4. The van der Waals surface area contributed by atoms with E-state index in [0.29, 0.717) is 18.8 Å². The summed E-state index contributed by atoms with van der Waals surface area (Å²) >= 11 is 1.67. The van der Waals surface area contributed by atoms with Crippen LogP contribution in [0.1, 0.15) is 12.8 Å². The van der Waals surface area contributed by atoms with Crippen LogP contribution in [0.25, 0.3) is 0 Å². The molecule has 1 heterocycles. The number of hydrogen-bond donors (Lipinski definition) is 1. The van der Waals surface area contributed by atoms with Gasteiger partial charge in [-0.1, -0.05) is 0 Å². The zero-order chi connectivity index (χ0) is 13.5. The van der Waals surface area contributed by atoms with Gasteiger partial charge in [0, 0.05) is 31.6 Å². The third-order valence-electron chi connectivity index (χ3n) is 2.77. The third kappa shape index (κ3) is 4.11. The maximum atomic E-state index is 12.1. The molecule has 1 saturated heterocycles. The van der Waals surface area contributed by atoms with E-state index in [0.717, 1.165) is 5.75 Å². The number of carboxylic acids is 1. The van der Waals surface area contributed by atoms with Crippen LogP contribution < -0.4 is 0 Å². The first kappa shape index (κ1) is 14.6. The fourth-order valence-electron chi connectivity index (χ4n) is 1.81. The predicted molar refractivity (Wildman–Crippen MR) is 68.3 cm³/mol. The second-order valence-corrected chi connectivity index (χ2v) is 5.28. The first-order valence-electron chi connectivity index (χ1n) is 5.74. The molecule has 1 rings (SSSR count). The molecule has 1 unspecified atom stereocenters. The molecule has 0 spiro atoms. The lowest BCUT2D eigenvalue weighted by Crippen LogP contribution is -2.51. The maximum absolute atomic E-state index is 12.1. The smallest absolute Gasteiger partial charge is 0.320 e. The summed E-state index contributed by atoms with van der Waals surface area (Å²) in [5.74, 6) is 0.595. The lowest BCUT2D eigenvalue weighted by Gasteiger charge is -2.37. The van der Waals surface area contributed by atoms with E-state index in [2.05, 4.69) is 0 Å². The van der Waals surface area contributed by atoms with Crippen molar-refractivity contribution in [3.05, 3.63) is 0 Å². The van der Waals surface area contributed by atoms with Gasteiger partial charge in [-0.15, -0.1) is 0 Å². The van der Waals surface area contributed by atoms with Crippen molar-refractivity contribution in [2.24, 2.45) is 0 Å². The summed E-state index contributed by atoms with van der Waals surface area (Å²) in [5, 5.41) is 17.3. The fraction of sp³-hybridized carbons (Fsp3) is 0.727. The molecule has 1 atom stereocenters. The van der Waals surface area contributed by atoms with E-state index < -0.39 is 5.97 Å². The lowest BCUT2D eigenvalue weighted by molar-refractivity contribution is -0.138. The molecule has 0 aromatic rings. The van der Waals surface area contributed by atoms with Gasteiger partial charge in [0.2, 0.25) is 0 Å². The Balaban J connectivity index is 2.62. The van der Waals surface area contributed by atoms with Crippen molar-refractivity contribution in [1.82, 2.24) is 9.80 Å². The van der Waals surface area contributed by atoms with Crippen LogP contribution in [0.4, 0.5) is 4.79 Å². The zero-order valence-electron chi connectivity index (χ0n) is 10.3. The lowest BCUT2D eigenvalue weighted by atomic mass is 10.2. The molecule has 2 amide bonds. The molecule has 0 aromatic carbocycles. The topological polar surface area (TPSA) is 84.6 Å². The van der Waals surface area contributed by atoms with Crippen LogP contribution in [0.5, 0.6) is 0 Å². The van der Waals surface area contributed by atoms with Gasteiger partial charge in [-0.25, -0.2) is 4.79 Å². The molecule has 1 aliphatic rings. The predicted octanol–water partition coefficient (Wildman–Crippen LogP) is 0.844. The highest BCUT2D eigenvalue weighted by Crippen LogP contribution is 2.20. The highest BCUT2D eigenvalue weighted by Gasteiger charge is 2.30. The van der Waals surface area contributed by atoms with E-state index >= 15 is 0 Å². The normalized spacial score (nSPS) is 19.1. The van der Waals surface area contributed by atoms with E-state index in [9.17, 15) is 9.59 Å². The van der Waals surface area contributed by atoms with Gasteiger partial charge in [0.15, 0.2) is 0 Å². The van der Waals surface area contributed by atoms with Gasteiger partial charge in [0.05, 0.1) is 25.0 Å². The molecule has 1 N–H and O–H groups in total. The van der Waals surface area contributed by atoms with E-state index in [1.165, 1.54) is 4.90 Å². The molecular weight excluding hydrogens is 254 g/mol. The second kappa shape index (κ2) is 7.11. The molecule has 0 aliphatic carbocycles. The van der Waals surface area contributed by atoms with Crippen molar-refractivity contribution in [3.63, 3.8) is 0 Å². The number of amides is 2. The fourth-order valence-corrected chi connectivity index (χ4v) is 2.87. The average molecular weight is 271 g/mol. The molecule has 1 fully saturated rings. The summed E-state index contributed by atoms with van der Waals surface area (Å²) in [5.41, 5.74) is 0. The minimum absolute atomic E-state index is 0.0230. The molecule has 100 valence electrons. The summed E-state index contributed by atoms with van der Waals surface area (Å²) in [6.45, 7) is 0.942. The highest BCUT2D eigenvalue weighted by atomic mass is 32.2. The van der Waals surface area contributed by atoms with Gasteiger partial charge in [-0.05, 0) is 0 Å². The molecule has 0 saturated carbocycles. The molecule has 1 aliphatic heterocycles. The number of nitrogens with zero attached hydrogens (tertiary/aromatic N) is 3. The summed E-state index contributed by atoms with van der Waals surface area (Å²) in [6, 6.07) is 1.55. The number of aliphatic carboxylic acids is 1. The number of nitriles is 1. The first-order chi connectivity index (χ1) is 8.56. The Labute approximate surface area is 111 Å². The van der Waals surface area contributed by atoms with Crippen molar-refractivity contribution < 1.29 is 14.7 Å². The van der Waals surface area contributed by atoms with Crippen LogP contribution in [0, 0.1) is 11.3 Å². The van der Waals surface area contributed by atoms with E-state index in [1.54, 1.807) is 23.7 Å². The monoisotopic (exact) mass is 271 g/mol. The van der Waals surface area contributed by atoms with E-state index in [1.807, 2.05) is 6.07 Å². The Morgan fingerprint density at radius 3 is 2.94 bits per heavy atom. The largest absolute Gasteiger partial charge is 0.481 e. The molecule has 0 aromatic heterocycles. The van der Waals surface area contributed by atoms with Crippen LogP contribution in [-0.2, 0) is 4.79 Å². The Kier molecular flexibility index (Phi) is 5.78. The number of rotatable bonds is 4. The number of carbonyl (C=O) groups is 2. The first-order valence-corrected chi connectivity index (χ1v) is 6.90. The summed E-state index contributed by atoms with van der Waals surface area (Å²) in [4.78, 5) is 26.0. The van der Waals surface area contributed by atoms with Crippen molar-refractivity contribution in [2.45, 2.75) is 18.9 Å². The van der Waals surface area contributed by atoms with Gasteiger partial charge >= 0.3 is 12.0 Å². The van der Waals surface area contributed by atoms with Crippen molar-refractivity contribution in [3.8, 4) is 6.07 Å². The second-order valence-electron chi connectivity index (χ2n) is 4.13. The Bertz CT molecular complexity index is 356. The minimum Gasteiger partial charge on any atom is -0.481 e. The molecule has 0 radical (unpaired) electrons. The van der Waals surface area contributed by atoms with E-state index in [4.69, 9.17) is 10.4 Å². The Morgan fingerprint density at radius 1 is 1.61 bits per heavy atom. The van der Waals surface area contributed by atoms with E-state index in [-0.39, 0.29) is 24.9 Å². The van der Waals surface area contributed by atoms with Gasteiger partial charge in [-0.3, -0.25) is 4.79 Å². The maximum Gasteiger partial charge on any atom is 0.320 e. The number of thioether (sulfide) groups is 1. The van der Waals surface area contributed by atoms with Crippen LogP contribution in [-0.4, -0.2) is 64.6 Å². The van der Waals surface area contributed by atoms with Crippen molar-refractivity contribution >= 4 is 23.8 Å². The Morgan fingerprint density at radius 2 is 2.33 bits per heavy atom. The quantitative estimate of drug-likeness (QED) is 0.819. The molecule has 6 nitrogen and oxygen atoms in total. The Hall–Kier alpha value is -1.42. The summed E-state index contributed by atoms with van der Waals surface area (Å²) in [7, 11) is 1.64. The number of carbonyl (C=O) groups excluding carboxylic acids is 1. The number of urea groups is 1. The standard InChI is InChI=1S/C11H17N3O3S/c1-13(4-2-3-12)11(17)14-5-6-18-8-9(14)7-10(15)16/h9H,2,4-8H2,1H3,(H,15,16). The SMILES string of the molecule is CN(CCC#N)C(=O)N1CCSCC1CC(=O)O. The van der Waals surface area contributed by atoms with Crippen LogP contribution >= 0.6 is 11.8 Å². The van der Waals surface area contributed by atoms with Crippen LogP contribution in [0.15, 0.2) is 0 Å². The minimum atomic E-state index is -0.889. The van der Waals surface area contributed by atoms with Gasteiger partial charge < -0.3 is 14.9 Å². The third-order valence-corrected chi connectivity index (χ3v) is 3.86. The summed E-state index contributed by atoms with van der Waals surface area (Å²) < 4.78 is 0.